The monoisotopic (exact) mass is 452 g/mol. The van der Waals surface area contributed by atoms with Gasteiger partial charge in [0.05, 0.1) is 6.61 Å². The van der Waals surface area contributed by atoms with Crippen LogP contribution in [0.2, 0.25) is 0 Å². The maximum absolute atomic E-state index is 12.2. The summed E-state index contributed by atoms with van der Waals surface area (Å²) in [6, 6.07) is 9.26. The van der Waals surface area contributed by atoms with E-state index in [9.17, 15) is 19.2 Å². The van der Waals surface area contributed by atoms with E-state index in [-0.39, 0.29) is 6.61 Å². The molecule has 1 rings (SSSR count). The molecular weight excluding hydrogens is 420 g/mol. The van der Waals surface area contributed by atoms with Gasteiger partial charge < -0.3 is 23.7 Å². The Balaban J connectivity index is 2.46. The van der Waals surface area contributed by atoms with Crippen molar-refractivity contribution in [1.82, 2.24) is 0 Å². The first-order valence-electron chi connectivity index (χ1n) is 10.3. The van der Waals surface area contributed by atoms with Crippen molar-refractivity contribution in [2.24, 2.45) is 0 Å². The summed E-state index contributed by atoms with van der Waals surface area (Å²) in [6.07, 6.45) is -4.69. The van der Waals surface area contributed by atoms with Gasteiger partial charge in [0.1, 0.15) is 5.60 Å². The average molecular weight is 453 g/mol. The van der Waals surface area contributed by atoms with Crippen LogP contribution in [0.15, 0.2) is 30.3 Å². The van der Waals surface area contributed by atoms with Crippen molar-refractivity contribution in [2.75, 3.05) is 0 Å². The van der Waals surface area contributed by atoms with Crippen LogP contribution in [0.4, 0.5) is 0 Å². The van der Waals surface area contributed by atoms with Gasteiger partial charge in [-0.1, -0.05) is 30.3 Å². The molecule has 1 aromatic rings. The van der Waals surface area contributed by atoms with Gasteiger partial charge in [0.25, 0.3) is 0 Å². The third-order valence-corrected chi connectivity index (χ3v) is 3.96. The molecule has 0 aromatic heterocycles. The topological polar surface area (TPSA) is 114 Å². The largest absolute Gasteiger partial charge is 0.457 e. The zero-order valence-electron chi connectivity index (χ0n) is 19.6. The van der Waals surface area contributed by atoms with Gasteiger partial charge in [-0.3, -0.25) is 0 Å². The Hall–Kier alpha value is -2.94. The maximum atomic E-state index is 12.2. The zero-order chi connectivity index (χ0) is 24.5. The van der Waals surface area contributed by atoms with Crippen molar-refractivity contribution in [3.8, 4) is 0 Å². The minimum atomic E-state index is -1.32. The summed E-state index contributed by atoms with van der Waals surface area (Å²) in [5.41, 5.74) is 0.143. The fourth-order valence-electron chi connectivity index (χ4n) is 2.20. The van der Waals surface area contributed by atoms with Crippen LogP contribution in [0.1, 0.15) is 54.0 Å². The van der Waals surface area contributed by atoms with Gasteiger partial charge in [0.15, 0.2) is 24.4 Å². The highest BCUT2D eigenvalue weighted by atomic mass is 16.6. The molecule has 4 atom stereocenters. The first-order valence-corrected chi connectivity index (χ1v) is 10.3. The zero-order valence-corrected chi connectivity index (χ0v) is 19.6. The maximum Gasteiger partial charge on any atom is 0.347 e. The normalized spacial score (nSPS) is 15.0. The van der Waals surface area contributed by atoms with Crippen LogP contribution in [0.5, 0.6) is 0 Å². The van der Waals surface area contributed by atoms with Crippen molar-refractivity contribution in [1.29, 1.82) is 0 Å². The second kappa shape index (κ2) is 12.2. The van der Waals surface area contributed by atoms with Crippen LogP contribution in [0, 0.1) is 0 Å². The molecule has 0 aliphatic carbocycles. The average Bonchev–Trinajstić information content (AvgIpc) is 2.71. The van der Waals surface area contributed by atoms with Crippen LogP contribution in [0.3, 0.4) is 0 Å². The number of hydrogen-bond acceptors (Lipinski definition) is 9. The highest BCUT2D eigenvalue weighted by molar-refractivity contribution is 5.85. The summed E-state index contributed by atoms with van der Waals surface area (Å²) in [6.45, 7) is 10.7. The Morgan fingerprint density at radius 1 is 0.688 bits per heavy atom. The molecule has 0 fully saturated rings. The molecule has 1 aromatic carbocycles. The van der Waals surface area contributed by atoms with Crippen molar-refractivity contribution in [3.63, 3.8) is 0 Å². The molecule has 0 unspecified atom stereocenters. The standard InChI is InChI=1S/C23H32O9/c1-14(28-13-18-11-9-8-10-12-18)19(24)29-15(2)20(25)30-16(3)21(26)31-17(4)22(27)32-23(5,6)7/h8-12,14-17H,13H2,1-7H3/t14-,15+,16-,17+/m1/s1. The van der Waals surface area contributed by atoms with Crippen molar-refractivity contribution in [3.05, 3.63) is 35.9 Å². The Labute approximate surface area is 188 Å². The molecule has 0 spiro atoms. The lowest BCUT2D eigenvalue weighted by Gasteiger charge is -2.23. The Kier molecular flexibility index (Phi) is 10.3. The molecule has 0 amide bonds. The van der Waals surface area contributed by atoms with Crippen LogP contribution >= 0.6 is 0 Å². The van der Waals surface area contributed by atoms with Gasteiger partial charge in [-0.25, -0.2) is 19.2 Å². The first-order chi connectivity index (χ1) is 14.8. The predicted molar refractivity (Wildman–Crippen MR) is 113 cm³/mol. The van der Waals surface area contributed by atoms with Gasteiger partial charge in [0.2, 0.25) is 0 Å². The highest BCUT2D eigenvalue weighted by Gasteiger charge is 2.30. The number of rotatable bonds is 10. The van der Waals surface area contributed by atoms with Crippen molar-refractivity contribution < 1.29 is 42.9 Å². The summed E-state index contributed by atoms with van der Waals surface area (Å²) in [5, 5.41) is 0. The first kappa shape index (κ1) is 27.1. The third-order valence-electron chi connectivity index (χ3n) is 3.96. The lowest BCUT2D eigenvalue weighted by molar-refractivity contribution is -0.186. The van der Waals surface area contributed by atoms with Crippen molar-refractivity contribution >= 4 is 23.9 Å². The minimum absolute atomic E-state index is 0.203. The molecule has 0 aliphatic rings. The molecule has 9 nitrogen and oxygen atoms in total. The molecule has 0 bridgehead atoms. The minimum Gasteiger partial charge on any atom is -0.457 e. The summed E-state index contributed by atoms with van der Waals surface area (Å²) in [5.74, 6) is -3.35. The van der Waals surface area contributed by atoms with E-state index < -0.39 is 53.9 Å². The predicted octanol–water partition coefficient (Wildman–Crippen LogP) is 2.73. The van der Waals surface area contributed by atoms with E-state index in [0.717, 1.165) is 5.56 Å². The number of ether oxygens (including phenoxy) is 5. The van der Waals surface area contributed by atoms with E-state index in [4.69, 9.17) is 23.7 Å². The van der Waals surface area contributed by atoms with Crippen LogP contribution < -0.4 is 0 Å². The Morgan fingerprint density at radius 3 is 1.53 bits per heavy atom. The van der Waals surface area contributed by atoms with E-state index in [1.807, 2.05) is 30.3 Å². The number of carbonyl (C=O) groups is 4. The fourth-order valence-corrected chi connectivity index (χ4v) is 2.20. The number of hydrogen-bond donors (Lipinski definition) is 0. The third kappa shape index (κ3) is 9.91. The highest BCUT2D eigenvalue weighted by Crippen LogP contribution is 2.11. The molecule has 0 saturated carbocycles. The molecule has 9 heteroatoms. The molecule has 0 radical (unpaired) electrons. The molecular formula is C23H32O9. The second-order valence-corrected chi connectivity index (χ2v) is 8.21. The number of carbonyl (C=O) groups excluding carboxylic acids is 4. The van der Waals surface area contributed by atoms with Crippen LogP contribution in [0.25, 0.3) is 0 Å². The van der Waals surface area contributed by atoms with Gasteiger partial charge in [0, 0.05) is 0 Å². The summed E-state index contributed by atoms with van der Waals surface area (Å²) in [7, 11) is 0. The molecule has 0 aliphatic heterocycles. The molecule has 32 heavy (non-hydrogen) atoms. The quantitative estimate of drug-likeness (QED) is 0.390. The molecule has 0 heterocycles. The lowest BCUT2D eigenvalue weighted by atomic mass is 10.2. The van der Waals surface area contributed by atoms with E-state index >= 15 is 0 Å². The van der Waals surface area contributed by atoms with Crippen LogP contribution in [-0.2, 0) is 49.5 Å². The fraction of sp³-hybridized carbons (Fsp3) is 0.565. The van der Waals surface area contributed by atoms with Gasteiger partial charge in [-0.15, -0.1) is 0 Å². The smallest absolute Gasteiger partial charge is 0.347 e. The Morgan fingerprint density at radius 2 is 1.09 bits per heavy atom. The Bertz CT molecular complexity index is 782. The van der Waals surface area contributed by atoms with Crippen LogP contribution in [-0.4, -0.2) is 53.9 Å². The molecule has 178 valence electrons. The summed E-state index contributed by atoms with van der Waals surface area (Å²) >= 11 is 0. The summed E-state index contributed by atoms with van der Waals surface area (Å²) < 4.78 is 25.6. The molecule has 0 saturated heterocycles. The van der Waals surface area contributed by atoms with E-state index in [1.54, 1.807) is 20.8 Å². The lowest BCUT2D eigenvalue weighted by Crippen LogP contribution is -2.38. The van der Waals surface area contributed by atoms with Crippen molar-refractivity contribution in [2.45, 2.75) is 85.1 Å². The van der Waals surface area contributed by atoms with Gasteiger partial charge >= 0.3 is 23.9 Å². The van der Waals surface area contributed by atoms with E-state index in [0.29, 0.717) is 0 Å². The van der Waals surface area contributed by atoms with E-state index in [2.05, 4.69) is 0 Å². The number of benzene rings is 1. The number of esters is 4. The van der Waals surface area contributed by atoms with Gasteiger partial charge in [-0.2, -0.15) is 0 Å². The van der Waals surface area contributed by atoms with E-state index in [1.165, 1.54) is 27.7 Å². The van der Waals surface area contributed by atoms with Gasteiger partial charge in [-0.05, 0) is 54.0 Å². The second-order valence-electron chi connectivity index (χ2n) is 8.21. The summed E-state index contributed by atoms with van der Waals surface area (Å²) in [4.78, 5) is 48.3. The SMILES string of the molecule is C[C@H](OC(=O)[C@@H](C)OCc1ccccc1)C(=O)O[C@H](C)C(=O)O[C@@H](C)C(=O)OC(C)(C)C. The molecule has 0 N–H and O–H groups in total.